The normalized spacial score (nSPS) is 11.9. The highest BCUT2D eigenvalue weighted by Gasteiger charge is 2.09. The van der Waals surface area contributed by atoms with Gasteiger partial charge in [0.2, 0.25) is 0 Å². The summed E-state index contributed by atoms with van der Waals surface area (Å²) in [5.74, 6) is 0.205. The van der Waals surface area contributed by atoms with Gasteiger partial charge in [-0.05, 0) is 30.6 Å². The van der Waals surface area contributed by atoms with Crippen LogP contribution in [0.15, 0.2) is 0 Å². The summed E-state index contributed by atoms with van der Waals surface area (Å²) in [5.41, 5.74) is 0.365. The highest BCUT2D eigenvalue weighted by Crippen LogP contribution is 2.21. The zero-order valence-corrected chi connectivity index (χ0v) is 12.0. The first-order valence-corrected chi connectivity index (χ1v) is 6.54. The van der Waals surface area contributed by atoms with Crippen molar-refractivity contribution in [2.45, 2.75) is 53.9 Å². The van der Waals surface area contributed by atoms with E-state index >= 15 is 0 Å². The van der Waals surface area contributed by atoms with Crippen LogP contribution < -0.4 is 0 Å². The molecular weight excluding hydrogens is 216 g/mol. The van der Waals surface area contributed by atoms with E-state index in [9.17, 15) is 4.79 Å². The number of hydrogen-bond acceptors (Lipinski definition) is 3. The Morgan fingerprint density at radius 3 is 2.35 bits per heavy atom. The molecule has 3 heteroatoms. The Labute approximate surface area is 106 Å². The number of esters is 1. The number of hydrogen-bond donors (Lipinski definition) is 0. The van der Waals surface area contributed by atoms with Crippen LogP contribution in [0.25, 0.3) is 0 Å². The van der Waals surface area contributed by atoms with Crippen molar-refractivity contribution in [1.82, 2.24) is 0 Å². The molecule has 0 saturated carbocycles. The van der Waals surface area contributed by atoms with Crippen LogP contribution in [0.5, 0.6) is 0 Å². The van der Waals surface area contributed by atoms with Crippen LogP contribution in [0.2, 0.25) is 0 Å². The molecule has 3 nitrogen and oxygen atoms in total. The third kappa shape index (κ3) is 13.4. The van der Waals surface area contributed by atoms with E-state index < -0.39 is 0 Å². The molecule has 0 aliphatic heterocycles. The molecule has 0 rings (SSSR count). The second-order valence-corrected chi connectivity index (χ2v) is 6.15. The lowest BCUT2D eigenvalue weighted by Crippen LogP contribution is -2.15. The van der Waals surface area contributed by atoms with Crippen molar-refractivity contribution >= 4 is 5.97 Å². The highest BCUT2D eigenvalue weighted by atomic mass is 16.6. The summed E-state index contributed by atoms with van der Waals surface area (Å²) in [6.07, 6.45) is 3.20. The van der Waals surface area contributed by atoms with Gasteiger partial charge in [0, 0.05) is 6.61 Å². The molecule has 17 heavy (non-hydrogen) atoms. The predicted molar refractivity (Wildman–Crippen MR) is 69.9 cm³/mol. The molecule has 0 N–H and O–H groups in total. The van der Waals surface area contributed by atoms with Crippen LogP contribution in [0.1, 0.15) is 53.9 Å². The van der Waals surface area contributed by atoms with Gasteiger partial charge in [0.15, 0.2) is 0 Å². The fourth-order valence-corrected chi connectivity index (χ4v) is 1.36. The standard InChI is InChI=1S/C14H28O3/c1-12(2)10-16-11-13(15)17-9-7-6-8-14(3,4)5/h12H,6-11H2,1-5H3. The summed E-state index contributed by atoms with van der Waals surface area (Å²) in [6, 6.07) is 0. The van der Waals surface area contributed by atoms with Gasteiger partial charge in [0.1, 0.15) is 6.61 Å². The van der Waals surface area contributed by atoms with E-state index in [0.717, 1.165) is 19.3 Å². The van der Waals surface area contributed by atoms with Gasteiger partial charge in [-0.3, -0.25) is 0 Å². The van der Waals surface area contributed by atoms with Crippen LogP contribution in [0.3, 0.4) is 0 Å². The Balaban J connectivity index is 3.34. The van der Waals surface area contributed by atoms with Crippen LogP contribution in [0, 0.1) is 11.3 Å². The van der Waals surface area contributed by atoms with Crippen molar-refractivity contribution in [3.8, 4) is 0 Å². The van der Waals surface area contributed by atoms with Crippen molar-refractivity contribution in [2.24, 2.45) is 11.3 Å². The molecule has 0 aliphatic carbocycles. The van der Waals surface area contributed by atoms with E-state index in [4.69, 9.17) is 9.47 Å². The molecule has 0 spiro atoms. The SMILES string of the molecule is CC(C)COCC(=O)OCCCCC(C)(C)C. The smallest absolute Gasteiger partial charge is 0.332 e. The Hall–Kier alpha value is -0.570. The van der Waals surface area contributed by atoms with E-state index in [1.807, 2.05) is 0 Å². The number of unbranched alkanes of at least 4 members (excludes halogenated alkanes) is 1. The van der Waals surface area contributed by atoms with Gasteiger partial charge in [-0.1, -0.05) is 34.6 Å². The monoisotopic (exact) mass is 244 g/mol. The lowest BCUT2D eigenvalue weighted by atomic mass is 9.90. The molecule has 0 aromatic rings. The minimum absolute atomic E-state index is 0.0808. The number of rotatable bonds is 8. The van der Waals surface area contributed by atoms with E-state index in [0.29, 0.717) is 24.5 Å². The third-order valence-electron chi connectivity index (χ3n) is 2.26. The highest BCUT2D eigenvalue weighted by molar-refractivity contribution is 5.70. The molecule has 0 aromatic carbocycles. The molecule has 0 radical (unpaired) electrons. The molecule has 0 bridgehead atoms. The van der Waals surface area contributed by atoms with Crippen LogP contribution in [0.4, 0.5) is 0 Å². The van der Waals surface area contributed by atoms with E-state index in [-0.39, 0.29) is 12.6 Å². The maximum absolute atomic E-state index is 11.2. The van der Waals surface area contributed by atoms with Gasteiger partial charge in [0.25, 0.3) is 0 Å². The van der Waals surface area contributed by atoms with E-state index in [2.05, 4.69) is 34.6 Å². The molecule has 102 valence electrons. The topological polar surface area (TPSA) is 35.5 Å². The van der Waals surface area contributed by atoms with Crippen molar-refractivity contribution < 1.29 is 14.3 Å². The fourth-order valence-electron chi connectivity index (χ4n) is 1.36. The zero-order chi connectivity index (χ0) is 13.3. The average Bonchev–Trinajstić information content (AvgIpc) is 2.14. The maximum Gasteiger partial charge on any atom is 0.332 e. The summed E-state index contributed by atoms with van der Waals surface area (Å²) in [5, 5.41) is 0. The molecular formula is C14H28O3. The average molecular weight is 244 g/mol. The summed E-state index contributed by atoms with van der Waals surface area (Å²) in [4.78, 5) is 11.2. The van der Waals surface area contributed by atoms with E-state index in [1.165, 1.54) is 0 Å². The lowest BCUT2D eigenvalue weighted by molar-refractivity contribution is -0.149. The Kier molecular flexibility index (Phi) is 8.23. The Bertz CT molecular complexity index is 204. The largest absolute Gasteiger partial charge is 0.464 e. The first-order valence-electron chi connectivity index (χ1n) is 6.54. The molecule has 0 fully saturated rings. The van der Waals surface area contributed by atoms with Crippen LogP contribution in [-0.2, 0) is 14.3 Å². The number of carbonyl (C=O) groups excluding carboxylic acids is 1. The zero-order valence-electron chi connectivity index (χ0n) is 12.0. The second kappa shape index (κ2) is 8.51. The second-order valence-electron chi connectivity index (χ2n) is 6.15. The number of ether oxygens (including phenoxy) is 2. The summed E-state index contributed by atoms with van der Waals surface area (Å²) in [7, 11) is 0. The van der Waals surface area contributed by atoms with Gasteiger partial charge in [0.05, 0.1) is 6.61 Å². The van der Waals surface area contributed by atoms with Crippen LogP contribution >= 0.6 is 0 Å². The lowest BCUT2D eigenvalue weighted by Gasteiger charge is -2.17. The first-order chi connectivity index (χ1) is 7.81. The van der Waals surface area contributed by atoms with Gasteiger partial charge in [-0.25, -0.2) is 4.79 Å². The van der Waals surface area contributed by atoms with Crippen molar-refractivity contribution in [2.75, 3.05) is 19.8 Å². The molecule has 0 aromatic heterocycles. The molecule has 0 saturated heterocycles. The van der Waals surface area contributed by atoms with Crippen molar-refractivity contribution in [3.63, 3.8) is 0 Å². The Morgan fingerprint density at radius 2 is 1.82 bits per heavy atom. The van der Waals surface area contributed by atoms with Crippen LogP contribution in [-0.4, -0.2) is 25.8 Å². The third-order valence-corrected chi connectivity index (χ3v) is 2.26. The molecule has 0 atom stereocenters. The van der Waals surface area contributed by atoms with Crippen molar-refractivity contribution in [1.29, 1.82) is 0 Å². The maximum atomic E-state index is 11.2. The quantitative estimate of drug-likeness (QED) is 0.485. The first kappa shape index (κ1) is 16.4. The van der Waals surface area contributed by atoms with E-state index in [1.54, 1.807) is 0 Å². The fraction of sp³-hybridized carbons (Fsp3) is 0.929. The predicted octanol–water partition coefficient (Wildman–Crippen LogP) is 3.42. The van der Waals surface area contributed by atoms with Crippen molar-refractivity contribution in [3.05, 3.63) is 0 Å². The number of carbonyl (C=O) groups is 1. The molecule has 0 heterocycles. The summed E-state index contributed by atoms with van der Waals surface area (Å²) < 4.78 is 10.3. The summed E-state index contributed by atoms with van der Waals surface area (Å²) >= 11 is 0. The van der Waals surface area contributed by atoms with Gasteiger partial charge in [-0.2, -0.15) is 0 Å². The molecule has 0 amide bonds. The minimum Gasteiger partial charge on any atom is -0.464 e. The molecule has 0 unspecified atom stereocenters. The van der Waals surface area contributed by atoms with Gasteiger partial charge >= 0.3 is 5.97 Å². The van der Waals surface area contributed by atoms with Gasteiger partial charge < -0.3 is 9.47 Å². The summed E-state index contributed by atoms with van der Waals surface area (Å²) in [6.45, 7) is 12.0. The molecule has 0 aliphatic rings. The Morgan fingerprint density at radius 1 is 1.18 bits per heavy atom. The van der Waals surface area contributed by atoms with Gasteiger partial charge in [-0.15, -0.1) is 0 Å². The minimum atomic E-state index is -0.249.